The normalized spacial score (nSPS) is 32.0. The van der Waals surface area contributed by atoms with Crippen LogP contribution in [0.5, 0.6) is 0 Å². The molecule has 0 aromatic carbocycles. The van der Waals surface area contributed by atoms with Crippen LogP contribution in [0, 0.1) is 5.41 Å². The first-order valence-electron chi connectivity index (χ1n) is 8.83. The summed E-state index contributed by atoms with van der Waals surface area (Å²) in [7, 11) is 0. The van der Waals surface area contributed by atoms with Gasteiger partial charge in [0.2, 0.25) is 0 Å². The fourth-order valence-corrected chi connectivity index (χ4v) is 4.79. The third kappa shape index (κ3) is 4.10. The number of rotatable bonds is 5. The van der Waals surface area contributed by atoms with Gasteiger partial charge in [0.25, 0.3) is 0 Å². The van der Waals surface area contributed by atoms with Gasteiger partial charge in [0.1, 0.15) is 0 Å². The number of thiophene rings is 1. The maximum atomic E-state index is 10.6. The monoisotopic (exact) mass is 322 g/mol. The van der Waals surface area contributed by atoms with Gasteiger partial charge in [-0.25, -0.2) is 0 Å². The number of hydrogen-bond acceptors (Lipinski definition) is 4. The molecule has 0 spiro atoms. The van der Waals surface area contributed by atoms with E-state index in [-0.39, 0.29) is 6.10 Å². The first kappa shape index (κ1) is 16.4. The molecule has 3 atom stereocenters. The fourth-order valence-electron chi connectivity index (χ4n) is 4.06. The van der Waals surface area contributed by atoms with Gasteiger partial charge in [-0.1, -0.05) is 25.8 Å². The van der Waals surface area contributed by atoms with Crippen LogP contribution in [0.4, 0.5) is 0 Å². The van der Waals surface area contributed by atoms with Crippen LogP contribution in [0.1, 0.15) is 56.4 Å². The van der Waals surface area contributed by atoms with Crippen molar-refractivity contribution < 1.29 is 5.11 Å². The number of likely N-dealkylation sites (tertiary alicyclic amines) is 1. The zero-order chi connectivity index (χ0) is 15.4. The van der Waals surface area contributed by atoms with Crippen molar-refractivity contribution in [2.24, 2.45) is 5.41 Å². The average Bonchev–Trinajstić information content (AvgIpc) is 3.12. The molecule has 3 rings (SSSR count). The molecule has 0 aliphatic carbocycles. The van der Waals surface area contributed by atoms with Crippen molar-refractivity contribution in [2.75, 3.05) is 26.2 Å². The van der Waals surface area contributed by atoms with Crippen LogP contribution >= 0.6 is 11.3 Å². The Morgan fingerprint density at radius 3 is 3.09 bits per heavy atom. The summed E-state index contributed by atoms with van der Waals surface area (Å²) >= 11 is 1.68. The summed E-state index contributed by atoms with van der Waals surface area (Å²) in [5.41, 5.74) is 0.413. The molecule has 3 unspecified atom stereocenters. The van der Waals surface area contributed by atoms with Crippen molar-refractivity contribution in [1.29, 1.82) is 0 Å². The molecule has 22 heavy (non-hydrogen) atoms. The van der Waals surface area contributed by atoms with Crippen molar-refractivity contribution in [3.63, 3.8) is 0 Å². The number of nitrogens with zero attached hydrogens (tertiary/aromatic N) is 1. The van der Waals surface area contributed by atoms with Gasteiger partial charge >= 0.3 is 0 Å². The summed E-state index contributed by atoms with van der Waals surface area (Å²) in [5, 5.41) is 16.2. The Balaban J connectivity index is 1.65. The number of nitrogens with one attached hydrogen (secondary N) is 1. The molecule has 0 radical (unpaired) electrons. The van der Waals surface area contributed by atoms with Gasteiger partial charge in [-0.15, -0.1) is 11.3 Å². The largest absolute Gasteiger partial charge is 0.388 e. The highest BCUT2D eigenvalue weighted by Gasteiger charge is 2.34. The molecule has 2 fully saturated rings. The first-order valence-corrected chi connectivity index (χ1v) is 9.70. The van der Waals surface area contributed by atoms with Crippen LogP contribution < -0.4 is 5.32 Å². The molecule has 4 heteroatoms. The minimum Gasteiger partial charge on any atom is -0.388 e. The van der Waals surface area contributed by atoms with Gasteiger partial charge in [0.05, 0.1) is 6.10 Å². The van der Waals surface area contributed by atoms with E-state index in [1.807, 2.05) is 6.07 Å². The second-order valence-corrected chi connectivity index (χ2v) is 8.46. The van der Waals surface area contributed by atoms with E-state index in [0.29, 0.717) is 11.5 Å². The standard InChI is InChI=1S/C18H30N2OS/c1-18(8-9-19-13-18)14-20-10-4-2-3-6-15(20)12-16(21)17-7-5-11-22-17/h5,7,11,15-16,19,21H,2-4,6,8-10,12-14H2,1H3. The van der Waals surface area contributed by atoms with E-state index in [1.54, 1.807) is 11.3 Å². The smallest absolute Gasteiger partial charge is 0.0896 e. The van der Waals surface area contributed by atoms with Crippen molar-refractivity contribution in [3.05, 3.63) is 22.4 Å². The summed E-state index contributed by atoms with van der Waals surface area (Å²) in [5.74, 6) is 0. The van der Waals surface area contributed by atoms with Crippen LogP contribution in [0.2, 0.25) is 0 Å². The SMILES string of the molecule is CC1(CN2CCCCCC2CC(O)c2cccs2)CCNC1. The molecule has 0 saturated carbocycles. The van der Waals surface area contributed by atoms with Crippen LogP contribution in [-0.4, -0.2) is 42.2 Å². The topological polar surface area (TPSA) is 35.5 Å². The lowest BCUT2D eigenvalue weighted by Gasteiger charge is -2.37. The molecule has 2 aliphatic rings. The Labute approximate surface area is 138 Å². The van der Waals surface area contributed by atoms with Crippen LogP contribution in [0.15, 0.2) is 17.5 Å². The summed E-state index contributed by atoms with van der Waals surface area (Å²) in [4.78, 5) is 3.81. The highest BCUT2D eigenvalue weighted by molar-refractivity contribution is 7.10. The number of aliphatic hydroxyl groups is 1. The van der Waals surface area contributed by atoms with E-state index < -0.39 is 0 Å². The van der Waals surface area contributed by atoms with Crippen molar-refractivity contribution in [3.8, 4) is 0 Å². The van der Waals surface area contributed by atoms with E-state index in [9.17, 15) is 5.11 Å². The predicted octanol–water partition coefficient (Wildman–Crippen LogP) is 3.42. The lowest BCUT2D eigenvalue weighted by molar-refractivity contribution is 0.0784. The molecule has 124 valence electrons. The molecule has 2 aliphatic heterocycles. The van der Waals surface area contributed by atoms with Gasteiger partial charge in [0, 0.05) is 24.0 Å². The van der Waals surface area contributed by atoms with E-state index in [2.05, 4.69) is 28.6 Å². The Hall–Kier alpha value is -0.420. The predicted molar refractivity (Wildman–Crippen MR) is 93.3 cm³/mol. The zero-order valence-electron chi connectivity index (χ0n) is 13.8. The minimum atomic E-state index is -0.292. The minimum absolute atomic E-state index is 0.292. The van der Waals surface area contributed by atoms with E-state index >= 15 is 0 Å². The molecule has 1 aromatic rings. The average molecular weight is 323 g/mol. The lowest BCUT2D eigenvalue weighted by atomic mass is 9.88. The Morgan fingerprint density at radius 1 is 1.45 bits per heavy atom. The maximum absolute atomic E-state index is 10.6. The van der Waals surface area contributed by atoms with Crippen molar-refractivity contribution in [2.45, 2.75) is 57.6 Å². The van der Waals surface area contributed by atoms with Gasteiger partial charge in [-0.05, 0) is 55.6 Å². The van der Waals surface area contributed by atoms with Crippen LogP contribution in [-0.2, 0) is 0 Å². The van der Waals surface area contributed by atoms with Gasteiger partial charge in [0.15, 0.2) is 0 Å². The summed E-state index contributed by atoms with van der Waals surface area (Å²) in [6, 6.07) is 4.65. The molecule has 0 amide bonds. The zero-order valence-corrected chi connectivity index (χ0v) is 14.6. The van der Waals surface area contributed by atoms with Gasteiger partial charge in [-0.3, -0.25) is 4.90 Å². The third-order valence-corrected chi connectivity index (χ3v) is 6.38. The lowest BCUT2D eigenvalue weighted by Crippen LogP contribution is -2.43. The van der Waals surface area contributed by atoms with Crippen molar-refractivity contribution in [1.82, 2.24) is 10.2 Å². The Kier molecular flexibility index (Phi) is 5.55. The number of hydrogen-bond donors (Lipinski definition) is 2. The molecule has 3 nitrogen and oxygen atoms in total. The highest BCUT2D eigenvalue weighted by Crippen LogP contribution is 2.32. The molecule has 3 heterocycles. The van der Waals surface area contributed by atoms with Gasteiger partial charge < -0.3 is 10.4 Å². The second-order valence-electron chi connectivity index (χ2n) is 7.48. The van der Waals surface area contributed by atoms with E-state index in [0.717, 1.165) is 24.4 Å². The molecule has 1 aromatic heterocycles. The Bertz CT molecular complexity index is 442. The second kappa shape index (κ2) is 7.43. The summed E-state index contributed by atoms with van der Waals surface area (Å²) in [6.07, 6.45) is 7.10. The molecule has 2 N–H and O–H groups in total. The summed E-state index contributed by atoms with van der Waals surface area (Å²) < 4.78 is 0. The van der Waals surface area contributed by atoms with E-state index in [1.165, 1.54) is 45.2 Å². The van der Waals surface area contributed by atoms with Crippen molar-refractivity contribution >= 4 is 11.3 Å². The fraction of sp³-hybridized carbons (Fsp3) is 0.778. The third-order valence-electron chi connectivity index (χ3n) is 5.41. The first-order chi connectivity index (χ1) is 10.7. The highest BCUT2D eigenvalue weighted by atomic mass is 32.1. The number of aliphatic hydroxyl groups excluding tert-OH is 1. The summed E-state index contributed by atoms with van der Waals surface area (Å²) in [6.45, 7) is 7.11. The molecular weight excluding hydrogens is 292 g/mol. The Morgan fingerprint density at radius 2 is 2.36 bits per heavy atom. The van der Waals surface area contributed by atoms with Crippen LogP contribution in [0.25, 0.3) is 0 Å². The quantitative estimate of drug-likeness (QED) is 0.872. The molecule has 0 bridgehead atoms. The molecule has 2 saturated heterocycles. The van der Waals surface area contributed by atoms with Crippen LogP contribution in [0.3, 0.4) is 0 Å². The molecular formula is C18H30N2OS. The van der Waals surface area contributed by atoms with Gasteiger partial charge in [-0.2, -0.15) is 0 Å². The van der Waals surface area contributed by atoms with E-state index in [4.69, 9.17) is 0 Å². The maximum Gasteiger partial charge on any atom is 0.0896 e.